The Balaban J connectivity index is 1.72. The SMILES string of the molecule is COC(=O)Cn1c(C)c(Cc2ccc(=O)n(Cc3ccc(F)cc3)c2)c2cc(F)ccc21. The van der Waals surface area contributed by atoms with Gasteiger partial charge in [0.25, 0.3) is 5.56 Å². The van der Waals surface area contributed by atoms with Gasteiger partial charge in [-0.1, -0.05) is 18.2 Å². The van der Waals surface area contributed by atoms with E-state index in [-0.39, 0.29) is 23.7 Å². The molecule has 2 aromatic carbocycles. The molecule has 0 saturated carbocycles. The number of carbonyl (C=O) groups is 1. The number of rotatable bonds is 6. The van der Waals surface area contributed by atoms with Crippen molar-refractivity contribution in [3.8, 4) is 0 Å². The number of esters is 1. The molecule has 0 aliphatic carbocycles. The summed E-state index contributed by atoms with van der Waals surface area (Å²) in [5, 5.41) is 0.711. The zero-order valence-corrected chi connectivity index (χ0v) is 17.8. The Morgan fingerprint density at radius 3 is 2.38 bits per heavy atom. The van der Waals surface area contributed by atoms with Gasteiger partial charge in [-0.2, -0.15) is 0 Å². The molecule has 32 heavy (non-hydrogen) atoms. The molecule has 164 valence electrons. The lowest BCUT2D eigenvalue weighted by atomic mass is 10.0. The summed E-state index contributed by atoms with van der Waals surface area (Å²) >= 11 is 0. The Morgan fingerprint density at radius 1 is 0.969 bits per heavy atom. The number of nitrogens with zero attached hydrogens (tertiary/aromatic N) is 2. The monoisotopic (exact) mass is 436 g/mol. The molecule has 0 spiro atoms. The van der Waals surface area contributed by atoms with Gasteiger partial charge in [-0.3, -0.25) is 9.59 Å². The highest BCUT2D eigenvalue weighted by Gasteiger charge is 2.17. The van der Waals surface area contributed by atoms with Gasteiger partial charge in [-0.15, -0.1) is 0 Å². The summed E-state index contributed by atoms with van der Waals surface area (Å²) in [5.41, 5.74) is 3.93. The predicted octanol–water partition coefficient (Wildman–Crippen LogP) is 4.20. The smallest absolute Gasteiger partial charge is 0.325 e. The van der Waals surface area contributed by atoms with E-state index >= 15 is 0 Å². The molecule has 0 aliphatic rings. The lowest BCUT2D eigenvalue weighted by molar-refractivity contribution is -0.141. The normalized spacial score (nSPS) is 11.1. The van der Waals surface area contributed by atoms with Crippen LogP contribution in [0.2, 0.25) is 0 Å². The van der Waals surface area contributed by atoms with Crippen LogP contribution in [-0.4, -0.2) is 22.2 Å². The van der Waals surface area contributed by atoms with Crippen LogP contribution >= 0.6 is 0 Å². The fourth-order valence-electron chi connectivity index (χ4n) is 3.94. The molecule has 0 amide bonds. The van der Waals surface area contributed by atoms with Crippen molar-refractivity contribution in [1.29, 1.82) is 0 Å². The summed E-state index contributed by atoms with van der Waals surface area (Å²) < 4.78 is 35.4. The molecule has 2 aromatic heterocycles. The highest BCUT2D eigenvalue weighted by molar-refractivity contribution is 5.87. The number of ether oxygens (including phenoxy) is 1. The van der Waals surface area contributed by atoms with Gasteiger partial charge in [-0.25, -0.2) is 8.78 Å². The number of hydrogen-bond donors (Lipinski definition) is 0. The van der Waals surface area contributed by atoms with Gasteiger partial charge in [-0.05, 0) is 53.9 Å². The van der Waals surface area contributed by atoms with E-state index in [2.05, 4.69) is 0 Å². The Morgan fingerprint density at radius 2 is 1.66 bits per heavy atom. The van der Waals surface area contributed by atoms with Crippen molar-refractivity contribution in [3.05, 3.63) is 105 Å². The third-order valence-electron chi connectivity index (χ3n) is 5.62. The molecule has 0 unspecified atom stereocenters. The number of halogens is 2. The van der Waals surface area contributed by atoms with Crippen molar-refractivity contribution in [2.45, 2.75) is 26.4 Å². The first-order valence-corrected chi connectivity index (χ1v) is 10.1. The van der Waals surface area contributed by atoms with Crippen molar-refractivity contribution in [2.24, 2.45) is 0 Å². The van der Waals surface area contributed by atoms with Crippen molar-refractivity contribution < 1.29 is 18.3 Å². The summed E-state index contributed by atoms with van der Waals surface area (Å²) in [6.07, 6.45) is 2.21. The van der Waals surface area contributed by atoms with Gasteiger partial charge in [0, 0.05) is 35.3 Å². The molecular weight excluding hydrogens is 414 g/mol. The van der Waals surface area contributed by atoms with E-state index in [9.17, 15) is 18.4 Å². The van der Waals surface area contributed by atoms with Gasteiger partial charge in [0.1, 0.15) is 18.2 Å². The number of aromatic nitrogens is 2. The molecule has 5 nitrogen and oxygen atoms in total. The van der Waals surface area contributed by atoms with E-state index in [1.54, 1.807) is 35.0 Å². The quantitative estimate of drug-likeness (QED) is 0.426. The summed E-state index contributed by atoms with van der Waals surface area (Å²) in [4.78, 5) is 24.3. The van der Waals surface area contributed by atoms with Crippen LogP contribution in [0.25, 0.3) is 10.9 Å². The lowest BCUT2D eigenvalue weighted by Crippen LogP contribution is -2.19. The fourth-order valence-corrected chi connectivity index (χ4v) is 3.94. The van der Waals surface area contributed by atoms with Crippen LogP contribution in [0, 0.1) is 18.6 Å². The Labute approximate surface area is 183 Å². The third kappa shape index (κ3) is 4.32. The number of pyridine rings is 1. The Bertz CT molecular complexity index is 1350. The molecule has 0 radical (unpaired) electrons. The maximum Gasteiger partial charge on any atom is 0.325 e. The highest BCUT2D eigenvalue weighted by atomic mass is 19.1. The second kappa shape index (κ2) is 8.78. The largest absolute Gasteiger partial charge is 0.468 e. The molecule has 0 saturated heterocycles. The first kappa shape index (κ1) is 21.5. The summed E-state index contributed by atoms with van der Waals surface area (Å²) in [6.45, 7) is 2.21. The minimum absolute atomic E-state index is 0.0224. The van der Waals surface area contributed by atoms with Crippen molar-refractivity contribution in [2.75, 3.05) is 7.11 Å². The average molecular weight is 436 g/mol. The van der Waals surface area contributed by atoms with Gasteiger partial charge >= 0.3 is 5.97 Å². The number of fused-ring (bicyclic) bond motifs is 1. The molecule has 7 heteroatoms. The lowest BCUT2D eigenvalue weighted by Gasteiger charge is -2.10. The van der Waals surface area contributed by atoms with Crippen LogP contribution in [0.4, 0.5) is 8.78 Å². The highest BCUT2D eigenvalue weighted by Crippen LogP contribution is 2.29. The zero-order chi connectivity index (χ0) is 22.8. The van der Waals surface area contributed by atoms with E-state index in [0.717, 1.165) is 27.9 Å². The summed E-state index contributed by atoms with van der Waals surface area (Å²) in [5.74, 6) is -1.09. The van der Waals surface area contributed by atoms with Crippen molar-refractivity contribution in [1.82, 2.24) is 9.13 Å². The van der Waals surface area contributed by atoms with Crippen LogP contribution in [-0.2, 0) is 29.0 Å². The minimum atomic E-state index is -0.395. The predicted molar refractivity (Wildman–Crippen MR) is 118 cm³/mol. The fraction of sp³-hybridized carbons (Fsp3) is 0.200. The van der Waals surface area contributed by atoms with Gasteiger partial charge in [0.15, 0.2) is 0 Å². The molecule has 0 atom stereocenters. The van der Waals surface area contributed by atoms with E-state index in [0.29, 0.717) is 18.4 Å². The molecule has 2 heterocycles. The number of benzene rings is 2. The maximum atomic E-state index is 14.0. The number of carbonyl (C=O) groups excluding carboxylic acids is 1. The average Bonchev–Trinajstić information content (AvgIpc) is 3.02. The minimum Gasteiger partial charge on any atom is -0.468 e. The standard InChI is InChI=1S/C25H22F2N2O3/c1-16-21(22-12-20(27)8-9-23(22)29(16)15-25(31)32-2)11-18-5-10-24(30)28(14-18)13-17-3-6-19(26)7-4-17/h3-10,12,14H,11,13,15H2,1-2H3. The number of methoxy groups -OCH3 is 1. The Kier molecular flexibility index (Phi) is 5.90. The first-order chi connectivity index (χ1) is 15.4. The first-order valence-electron chi connectivity index (χ1n) is 10.1. The van der Waals surface area contributed by atoms with E-state index in [1.807, 2.05) is 11.5 Å². The molecule has 0 N–H and O–H groups in total. The molecule has 0 aliphatic heterocycles. The third-order valence-corrected chi connectivity index (χ3v) is 5.62. The molecule has 0 fully saturated rings. The van der Waals surface area contributed by atoms with Crippen molar-refractivity contribution >= 4 is 16.9 Å². The van der Waals surface area contributed by atoms with Crippen molar-refractivity contribution in [3.63, 3.8) is 0 Å². The second-order valence-electron chi connectivity index (χ2n) is 7.69. The topological polar surface area (TPSA) is 53.2 Å². The van der Waals surface area contributed by atoms with Crippen LogP contribution in [0.3, 0.4) is 0 Å². The van der Waals surface area contributed by atoms with Crippen LogP contribution in [0.5, 0.6) is 0 Å². The van der Waals surface area contributed by atoms with Gasteiger partial charge in [0.05, 0.1) is 13.7 Å². The van der Waals surface area contributed by atoms with Crippen LogP contribution in [0.15, 0.2) is 65.6 Å². The molecule has 4 rings (SSSR count). The molecule has 4 aromatic rings. The maximum absolute atomic E-state index is 14.0. The van der Waals surface area contributed by atoms with Gasteiger partial charge in [0.2, 0.25) is 0 Å². The second-order valence-corrected chi connectivity index (χ2v) is 7.69. The van der Waals surface area contributed by atoms with Crippen LogP contribution < -0.4 is 5.56 Å². The number of hydrogen-bond acceptors (Lipinski definition) is 3. The summed E-state index contributed by atoms with van der Waals surface area (Å²) in [6, 6.07) is 13.7. The van der Waals surface area contributed by atoms with E-state index in [4.69, 9.17) is 4.74 Å². The Hall–Kier alpha value is -3.74. The van der Waals surface area contributed by atoms with E-state index < -0.39 is 5.97 Å². The zero-order valence-electron chi connectivity index (χ0n) is 17.8. The molecular formula is C25H22F2N2O3. The van der Waals surface area contributed by atoms with E-state index in [1.165, 1.54) is 37.4 Å². The van der Waals surface area contributed by atoms with Crippen LogP contribution in [0.1, 0.15) is 22.4 Å². The molecule has 0 bridgehead atoms. The summed E-state index contributed by atoms with van der Waals surface area (Å²) in [7, 11) is 1.33. The van der Waals surface area contributed by atoms with Gasteiger partial charge < -0.3 is 13.9 Å².